The summed E-state index contributed by atoms with van der Waals surface area (Å²) in [4.78, 5) is 14.0. The van der Waals surface area contributed by atoms with Crippen molar-refractivity contribution in [3.63, 3.8) is 0 Å². The van der Waals surface area contributed by atoms with Crippen LogP contribution in [0.15, 0.2) is 0 Å². The minimum absolute atomic E-state index is 0.313. The Bertz CT molecular complexity index is 297. The van der Waals surface area contributed by atoms with Crippen LogP contribution in [0.4, 0.5) is 0 Å². The van der Waals surface area contributed by atoms with E-state index in [1.54, 1.807) is 0 Å². The number of hydrogen-bond donors (Lipinski definition) is 2. The van der Waals surface area contributed by atoms with Crippen LogP contribution in [0.2, 0.25) is 0 Å². The third-order valence-corrected chi connectivity index (χ3v) is 3.89. The van der Waals surface area contributed by atoms with Crippen LogP contribution in [0.1, 0.15) is 39.5 Å². The fourth-order valence-electron chi connectivity index (χ4n) is 2.59. The maximum atomic E-state index is 11.6. The molecule has 0 aromatic carbocycles. The minimum atomic E-state index is -0.794. The third kappa shape index (κ3) is 2.99. The standard InChI is InChI=1S/C13H25N3O/c1-9(2)7-16(11-5-6-11)8-13(15,12(14)17)10-3-4-10/h9-11H,3-8,15H2,1-2H3,(H2,14,17). The summed E-state index contributed by atoms with van der Waals surface area (Å²) in [5.41, 5.74) is 11.0. The molecule has 4 heteroatoms. The summed E-state index contributed by atoms with van der Waals surface area (Å²) < 4.78 is 0. The molecule has 4 nitrogen and oxygen atoms in total. The van der Waals surface area contributed by atoms with Gasteiger partial charge in [0.05, 0.1) is 0 Å². The van der Waals surface area contributed by atoms with Gasteiger partial charge < -0.3 is 11.5 Å². The molecule has 2 aliphatic rings. The van der Waals surface area contributed by atoms with Gasteiger partial charge in [0, 0.05) is 19.1 Å². The van der Waals surface area contributed by atoms with Crippen molar-refractivity contribution in [1.29, 1.82) is 0 Å². The lowest BCUT2D eigenvalue weighted by molar-refractivity contribution is -0.124. The van der Waals surface area contributed by atoms with E-state index in [4.69, 9.17) is 11.5 Å². The maximum absolute atomic E-state index is 11.6. The normalized spacial score (nSPS) is 24.1. The lowest BCUT2D eigenvalue weighted by Crippen LogP contribution is -2.61. The molecule has 17 heavy (non-hydrogen) atoms. The zero-order chi connectivity index (χ0) is 12.6. The average Bonchev–Trinajstić information content (AvgIpc) is 3.06. The smallest absolute Gasteiger partial charge is 0.239 e. The number of carbonyl (C=O) groups is 1. The molecule has 1 amide bonds. The number of carbonyl (C=O) groups excluding carboxylic acids is 1. The molecule has 2 aliphatic carbocycles. The molecule has 0 aromatic rings. The highest BCUT2D eigenvalue weighted by Crippen LogP contribution is 2.40. The van der Waals surface area contributed by atoms with E-state index in [1.165, 1.54) is 12.8 Å². The molecule has 0 saturated heterocycles. The van der Waals surface area contributed by atoms with Crippen LogP contribution < -0.4 is 11.5 Å². The third-order valence-electron chi connectivity index (χ3n) is 3.89. The van der Waals surface area contributed by atoms with Crippen molar-refractivity contribution in [2.45, 2.75) is 51.1 Å². The van der Waals surface area contributed by atoms with E-state index in [0.29, 0.717) is 24.4 Å². The van der Waals surface area contributed by atoms with E-state index in [0.717, 1.165) is 19.4 Å². The second kappa shape index (κ2) is 4.58. The van der Waals surface area contributed by atoms with E-state index in [1.807, 2.05) is 0 Å². The number of primary amides is 1. The van der Waals surface area contributed by atoms with Gasteiger partial charge in [-0.05, 0) is 37.5 Å². The molecule has 0 aromatic heterocycles. The monoisotopic (exact) mass is 239 g/mol. The van der Waals surface area contributed by atoms with Gasteiger partial charge in [-0.3, -0.25) is 9.69 Å². The van der Waals surface area contributed by atoms with E-state index in [2.05, 4.69) is 18.7 Å². The summed E-state index contributed by atoms with van der Waals surface area (Å²) >= 11 is 0. The zero-order valence-electron chi connectivity index (χ0n) is 11.0. The highest BCUT2D eigenvalue weighted by Gasteiger charge is 2.49. The lowest BCUT2D eigenvalue weighted by Gasteiger charge is -2.34. The molecule has 1 atom stereocenters. The van der Waals surface area contributed by atoms with Gasteiger partial charge in [-0.2, -0.15) is 0 Å². The summed E-state index contributed by atoms with van der Waals surface area (Å²) in [6.45, 7) is 6.07. The molecule has 98 valence electrons. The largest absolute Gasteiger partial charge is 0.368 e. The minimum Gasteiger partial charge on any atom is -0.368 e. The van der Waals surface area contributed by atoms with Gasteiger partial charge in [0.2, 0.25) is 5.91 Å². The van der Waals surface area contributed by atoms with Gasteiger partial charge >= 0.3 is 0 Å². The summed E-state index contributed by atoms with van der Waals surface area (Å²) in [5.74, 6) is 0.592. The first-order valence-corrected chi connectivity index (χ1v) is 6.76. The van der Waals surface area contributed by atoms with Crippen molar-refractivity contribution in [3.8, 4) is 0 Å². The number of rotatable bonds is 7. The molecule has 4 N–H and O–H groups in total. The molecule has 2 rings (SSSR count). The topological polar surface area (TPSA) is 72.3 Å². The Morgan fingerprint density at radius 2 is 1.94 bits per heavy atom. The predicted octanol–water partition coefficient (Wildman–Crippen LogP) is 0.700. The molecular formula is C13H25N3O. The molecule has 0 spiro atoms. The Morgan fingerprint density at radius 1 is 1.35 bits per heavy atom. The molecule has 0 aliphatic heterocycles. The molecule has 0 radical (unpaired) electrons. The second-order valence-electron chi connectivity index (χ2n) is 6.23. The first-order chi connectivity index (χ1) is 7.93. The summed E-state index contributed by atoms with van der Waals surface area (Å²) in [6, 6.07) is 0.637. The first-order valence-electron chi connectivity index (χ1n) is 6.76. The van der Waals surface area contributed by atoms with Gasteiger partial charge in [0.15, 0.2) is 0 Å². The van der Waals surface area contributed by atoms with E-state index in [9.17, 15) is 4.79 Å². The predicted molar refractivity (Wildman–Crippen MR) is 68.3 cm³/mol. The molecule has 2 fully saturated rings. The van der Waals surface area contributed by atoms with Gasteiger partial charge in [-0.15, -0.1) is 0 Å². The Labute approximate surface area is 104 Å². The Morgan fingerprint density at radius 3 is 2.29 bits per heavy atom. The van der Waals surface area contributed by atoms with Crippen molar-refractivity contribution in [1.82, 2.24) is 4.90 Å². The van der Waals surface area contributed by atoms with Crippen LogP contribution in [-0.2, 0) is 4.79 Å². The Hall–Kier alpha value is -0.610. The van der Waals surface area contributed by atoms with Crippen molar-refractivity contribution in [2.75, 3.05) is 13.1 Å². The molecular weight excluding hydrogens is 214 g/mol. The summed E-state index contributed by atoms with van der Waals surface area (Å²) in [6.07, 6.45) is 4.59. The fraction of sp³-hybridized carbons (Fsp3) is 0.923. The summed E-state index contributed by atoms with van der Waals surface area (Å²) in [5, 5.41) is 0. The Balaban J connectivity index is 2.01. The van der Waals surface area contributed by atoms with Crippen molar-refractivity contribution in [2.24, 2.45) is 23.3 Å². The molecule has 2 saturated carbocycles. The van der Waals surface area contributed by atoms with Crippen molar-refractivity contribution >= 4 is 5.91 Å². The molecule has 0 heterocycles. The molecule has 1 unspecified atom stereocenters. The van der Waals surface area contributed by atoms with E-state index in [-0.39, 0.29) is 5.91 Å². The quantitative estimate of drug-likeness (QED) is 0.687. The number of nitrogens with two attached hydrogens (primary N) is 2. The van der Waals surface area contributed by atoms with Crippen LogP contribution in [0.3, 0.4) is 0 Å². The first kappa shape index (κ1) is 12.8. The fourth-order valence-corrected chi connectivity index (χ4v) is 2.59. The summed E-state index contributed by atoms with van der Waals surface area (Å²) in [7, 11) is 0. The highest BCUT2D eigenvalue weighted by molar-refractivity contribution is 5.85. The van der Waals surface area contributed by atoms with Crippen molar-refractivity contribution < 1.29 is 4.79 Å². The van der Waals surface area contributed by atoms with Crippen LogP contribution in [0, 0.1) is 11.8 Å². The number of nitrogens with zero attached hydrogens (tertiary/aromatic N) is 1. The van der Waals surface area contributed by atoms with Gasteiger partial charge in [0.1, 0.15) is 5.54 Å². The van der Waals surface area contributed by atoms with E-state index < -0.39 is 5.54 Å². The number of amides is 1. The van der Waals surface area contributed by atoms with Gasteiger partial charge in [-0.25, -0.2) is 0 Å². The van der Waals surface area contributed by atoms with Crippen LogP contribution in [0.25, 0.3) is 0 Å². The number of hydrogen-bond acceptors (Lipinski definition) is 3. The molecule has 0 bridgehead atoms. The van der Waals surface area contributed by atoms with E-state index >= 15 is 0 Å². The highest BCUT2D eigenvalue weighted by atomic mass is 16.1. The zero-order valence-corrected chi connectivity index (χ0v) is 11.0. The van der Waals surface area contributed by atoms with Crippen LogP contribution in [-0.4, -0.2) is 35.5 Å². The van der Waals surface area contributed by atoms with Gasteiger partial charge in [-0.1, -0.05) is 13.8 Å². The van der Waals surface area contributed by atoms with Crippen LogP contribution in [0.5, 0.6) is 0 Å². The second-order valence-corrected chi connectivity index (χ2v) is 6.23. The van der Waals surface area contributed by atoms with Crippen LogP contribution >= 0.6 is 0 Å². The Kier molecular flexibility index (Phi) is 3.46. The van der Waals surface area contributed by atoms with Gasteiger partial charge in [0.25, 0.3) is 0 Å². The average molecular weight is 239 g/mol. The maximum Gasteiger partial charge on any atom is 0.239 e. The SMILES string of the molecule is CC(C)CN(CC(N)(C(N)=O)C1CC1)C1CC1. The lowest BCUT2D eigenvalue weighted by atomic mass is 9.92. The van der Waals surface area contributed by atoms with Crippen molar-refractivity contribution in [3.05, 3.63) is 0 Å².